The number of carbonyl (C=O) groups is 3. The van der Waals surface area contributed by atoms with E-state index in [1.54, 1.807) is 6.92 Å². The zero-order valence-corrected chi connectivity index (χ0v) is 16.8. The molecule has 0 unspecified atom stereocenters. The summed E-state index contributed by atoms with van der Waals surface area (Å²) in [4.78, 5) is 39.8. The van der Waals surface area contributed by atoms with E-state index in [-0.39, 0.29) is 30.7 Å². The smallest absolute Gasteiger partial charge is 0.333 e. The van der Waals surface area contributed by atoms with Gasteiger partial charge in [0.2, 0.25) is 11.8 Å². The lowest BCUT2D eigenvalue weighted by atomic mass is 10.1. The molecule has 28 heavy (non-hydrogen) atoms. The number of nitrogens with zero attached hydrogens (tertiary/aromatic N) is 2. The molecule has 1 aromatic carbocycles. The van der Waals surface area contributed by atoms with Gasteiger partial charge in [0.25, 0.3) is 0 Å². The molecule has 0 radical (unpaired) electrons. The van der Waals surface area contributed by atoms with Crippen LogP contribution in [0.4, 0.5) is 11.4 Å². The number of nitrogens with one attached hydrogen (secondary N) is 1. The highest BCUT2D eigenvalue weighted by Crippen LogP contribution is 2.28. The van der Waals surface area contributed by atoms with Crippen molar-refractivity contribution >= 4 is 40.9 Å². The molecule has 0 bridgehead atoms. The van der Waals surface area contributed by atoms with Crippen molar-refractivity contribution in [1.29, 1.82) is 0 Å². The maximum absolute atomic E-state index is 12.4. The van der Waals surface area contributed by atoms with Crippen LogP contribution in [-0.2, 0) is 19.1 Å². The summed E-state index contributed by atoms with van der Waals surface area (Å²) in [7, 11) is 0. The predicted octanol–water partition coefficient (Wildman–Crippen LogP) is 2.60. The maximum Gasteiger partial charge on any atom is 0.333 e. The second-order valence-electron chi connectivity index (χ2n) is 6.65. The molecule has 0 saturated carbocycles. The quantitative estimate of drug-likeness (QED) is 0.581. The zero-order chi connectivity index (χ0) is 19.9. The summed E-state index contributed by atoms with van der Waals surface area (Å²) < 4.78 is 4.88. The Bertz CT molecular complexity index is 757. The van der Waals surface area contributed by atoms with Crippen molar-refractivity contribution < 1.29 is 19.1 Å². The minimum atomic E-state index is -0.515. The molecule has 1 aromatic rings. The minimum absolute atomic E-state index is 0.134. The van der Waals surface area contributed by atoms with Crippen molar-refractivity contribution in [2.45, 2.75) is 26.2 Å². The second kappa shape index (κ2) is 9.64. The molecule has 3 rings (SSSR count). The van der Waals surface area contributed by atoms with E-state index in [9.17, 15) is 14.4 Å². The summed E-state index contributed by atoms with van der Waals surface area (Å²) in [5.74, 6) is -0.811. The van der Waals surface area contributed by atoms with Crippen molar-refractivity contribution in [3.63, 3.8) is 0 Å². The molecule has 2 amide bonds. The molecular formula is C20H25N3O4S. The van der Waals surface area contributed by atoms with Gasteiger partial charge in [-0.1, -0.05) is 11.8 Å². The Morgan fingerprint density at radius 1 is 1.18 bits per heavy atom. The van der Waals surface area contributed by atoms with Gasteiger partial charge < -0.3 is 15.0 Å². The number of carbonyl (C=O) groups excluding carboxylic acids is 3. The van der Waals surface area contributed by atoms with Crippen molar-refractivity contribution in [1.82, 2.24) is 4.90 Å². The van der Waals surface area contributed by atoms with E-state index in [0.717, 1.165) is 18.8 Å². The number of amides is 2. The van der Waals surface area contributed by atoms with Gasteiger partial charge in [-0.2, -0.15) is 0 Å². The third-order valence-corrected chi connectivity index (χ3v) is 5.64. The summed E-state index contributed by atoms with van der Waals surface area (Å²) in [5, 5.41) is 3.26. The third kappa shape index (κ3) is 5.28. The van der Waals surface area contributed by atoms with Crippen molar-refractivity contribution in [3.8, 4) is 0 Å². The molecule has 8 heteroatoms. The van der Waals surface area contributed by atoms with E-state index in [1.807, 2.05) is 24.3 Å². The standard InChI is InChI=1S/C20H25N3O4S/c1-2-27-20(26)12-19-23(18(25)14-28-19)13-17(24)21-15-6-8-16(9-7-15)22-10-4-3-5-11-22/h6-9,12H,2-5,10-11,13-14H2,1H3,(H,21,24). The van der Waals surface area contributed by atoms with Gasteiger partial charge in [-0.05, 0) is 50.5 Å². The highest BCUT2D eigenvalue weighted by atomic mass is 32.2. The Morgan fingerprint density at radius 3 is 2.57 bits per heavy atom. The van der Waals surface area contributed by atoms with Crippen LogP contribution in [0.25, 0.3) is 0 Å². The van der Waals surface area contributed by atoms with Crippen LogP contribution in [0.3, 0.4) is 0 Å². The van der Waals surface area contributed by atoms with Gasteiger partial charge in [0.15, 0.2) is 0 Å². The largest absolute Gasteiger partial charge is 0.463 e. The Hall–Kier alpha value is -2.48. The van der Waals surface area contributed by atoms with Gasteiger partial charge in [0.1, 0.15) is 6.54 Å². The number of thioether (sulfide) groups is 1. The zero-order valence-electron chi connectivity index (χ0n) is 16.0. The van der Waals surface area contributed by atoms with Crippen LogP contribution in [0.2, 0.25) is 0 Å². The van der Waals surface area contributed by atoms with Gasteiger partial charge in [-0.15, -0.1) is 0 Å². The van der Waals surface area contributed by atoms with Gasteiger partial charge in [0.05, 0.1) is 23.5 Å². The molecule has 0 atom stereocenters. The average Bonchev–Trinajstić information content (AvgIpc) is 3.03. The molecule has 0 spiro atoms. The van der Waals surface area contributed by atoms with Gasteiger partial charge in [0, 0.05) is 24.5 Å². The molecule has 150 valence electrons. The van der Waals surface area contributed by atoms with Gasteiger partial charge >= 0.3 is 5.97 Å². The highest BCUT2D eigenvalue weighted by Gasteiger charge is 2.29. The first kappa shape index (κ1) is 20.3. The summed E-state index contributed by atoms with van der Waals surface area (Å²) in [5.41, 5.74) is 1.84. The Kier molecular flexibility index (Phi) is 6.97. The van der Waals surface area contributed by atoms with Crippen LogP contribution < -0.4 is 10.2 Å². The normalized spacial score (nSPS) is 18.5. The Balaban J connectivity index is 1.58. The number of ether oxygens (including phenoxy) is 1. The summed E-state index contributed by atoms with van der Waals surface area (Å²) >= 11 is 1.23. The molecule has 7 nitrogen and oxygen atoms in total. The molecule has 2 aliphatic rings. The van der Waals surface area contributed by atoms with E-state index in [4.69, 9.17) is 4.74 Å². The molecule has 2 aliphatic heterocycles. The predicted molar refractivity (Wildman–Crippen MR) is 110 cm³/mol. The Labute approximate surface area is 169 Å². The monoisotopic (exact) mass is 403 g/mol. The van der Waals surface area contributed by atoms with E-state index >= 15 is 0 Å². The van der Waals surface area contributed by atoms with Crippen LogP contribution in [0.5, 0.6) is 0 Å². The summed E-state index contributed by atoms with van der Waals surface area (Å²) in [6, 6.07) is 7.75. The summed E-state index contributed by atoms with van der Waals surface area (Å²) in [6.45, 7) is 3.97. The molecule has 2 fully saturated rings. The molecule has 0 aromatic heterocycles. The number of benzene rings is 1. The van der Waals surface area contributed by atoms with Crippen LogP contribution in [0, 0.1) is 0 Å². The first-order valence-corrected chi connectivity index (χ1v) is 10.5. The second-order valence-corrected chi connectivity index (χ2v) is 7.64. The minimum Gasteiger partial charge on any atom is -0.463 e. The van der Waals surface area contributed by atoms with E-state index in [1.165, 1.54) is 42.0 Å². The molecule has 2 heterocycles. The fourth-order valence-corrected chi connectivity index (χ4v) is 4.17. The number of rotatable bonds is 6. The van der Waals surface area contributed by atoms with Crippen LogP contribution >= 0.6 is 11.8 Å². The third-order valence-electron chi connectivity index (χ3n) is 4.61. The lowest BCUT2D eigenvalue weighted by molar-refractivity contribution is -0.137. The SMILES string of the molecule is CCOC(=O)C=C1SCC(=O)N1CC(=O)Nc1ccc(N2CCCCC2)cc1. The molecule has 0 aliphatic carbocycles. The van der Waals surface area contributed by atoms with Gasteiger partial charge in [-0.25, -0.2) is 4.79 Å². The van der Waals surface area contributed by atoms with Crippen molar-refractivity contribution in [2.75, 3.05) is 42.2 Å². The number of esters is 1. The van der Waals surface area contributed by atoms with E-state index in [2.05, 4.69) is 10.2 Å². The van der Waals surface area contributed by atoms with Crippen molar-refractivity contribution in [3.05, 3.63) is 35.4 Å². The molecular weight excluding hydrogens is 378 g/mol. The first-order chi connectivity index (χ1) is 13.6. The van der Waals surface area contributed by atoms with E-state index < -0.39 is 5.97 Å². The Morgan fingerprint density at radius 2 is 1.89 bits per heavy atom. The fraction of sp³-hybridized carbons (Fsp3) is 0.450. The number of hydrogen-bond donors (Lipinski definition) is 1. The number of hydrogen-bond acceptors (Lipinski definition) is 6. The molecule has 2 saturated heterocycles. The molecule has 1 N–H and O–H groups in total. The first-order valence-electron chi connectivity index (χ1n) is 9.53. The number of piperidine rings is 1. The van der Waals surface area contributed by atoms with Crippen LogP contribution in [0.1, 0.15) is 26.2 Å². The van der Waals surface area contributed by atoms with E-state index in [0.29, 0.717) is 10.7 Å². The lowest BCUT2D eigenvalue weighted by Crippen LogP contribution is -2.34. The van der Waals surface area contributed by atoms with Crippen molar-refractivity contribution in [2.24, 2.45) is 0 Å². The fourth-order valence-electron chi connectivity index (χ4n) is 3.24. The maximum atomic E-state index is 12.4. The van der Waals surface area contributed by atoms with Crippen LogP contribution in [-0.4, -0.2) is 54.7 Å². The number of anilines is 2. The van der Waals surface area contributed by atoms with Gasteiger partial charge in [-0.3, -0.25) is 14.5 Å². The average molecular weight is 404 g/mol. The lowest BCUT2D eigenvalue weighted by Gasteiger charge is -2.28. The van der Waals surface area contributed by atoms with Crippen LogP contribution in [0.15, 0.2) is 35.4 Å². The highest BCUT2D eigenvalue weighted by molar-refractivity contribution is 8.04. The topological polar surface area (TPSA) is 79.0 Å². The summed E-state index contributed by atoms with van der Waals surface area (Å²) in [6.07, 6.45) is 4.97.